The van der Waals surface area contributed by atoms with Gasteiger partial charge in [0.15, 0.2) is 0 Å². The zero-order valence-corrected chi connectivity index (χ0v) is 30.6. The molecule has 4 aromatic carbocycles. The van der Waals surface area contributed by atoms with Gasteiger partial charge in [-0.15, -0.1) is 0 Å². The standard InChI is InChI=1S/C30H32I4P2/c31-35(32,23-27-13-5-1-6-14-27,24-28-15-7-2-8-16-28)21-22-36(33,34,25-29-17-9-3-10-18-29)26-30-19-11-4-12-20-30/h1-20H,21-26H2. The van der Waals surface area contributed by atoms with Gasteiger partial charge in [-0.05, 0) is 0 Å². The van der Waals surface area contributed by atoms with E-state index in [1.54, 1.807) is 0 Å². The molecular formula is C30H32I4P2. The van der Waals surface area contributed by atoms with E-state index in [4.69, 9.17) is 0 Å². The molecule has 0 saturated carbocycles. The van der Waals surface area contributed by atoms with E-state index in [0.29, 0.717) is 0 Å². The molecule has 0 N–H and O–H groups in total. The second kappa shape index (κ2) is 12.4. The van der Waals surface area contributed by atoms with Crippen molar-refractivity contribution >= 4 is 91.9 Å². The fourth-order valence-electron chi connectivity index (χ4n) is 4.78. The van der Waals surface area contributed by atoms with Gasteiger partial charge in [-0.2, -0.15) is 0 Å². The summed E-state index contributed by atoms with van der Waals surface area (Å²) in [6, 6.07) is 44.7. The Kier molecular flexibility index (Phi) is 10.2. The molecule has 0 aromatic heterocycles. The van der Waals surface area contributed by atoms with E-state index in [-0.39, 0.29) is 0 Å². The summed E-state index contributed by atoms with van der Waals surface area (Å²) in [5.74, 6) is 0. The van der Waals surface area contributed by atoms with E-state index >= 15 is 0 Å². The molecule has 0 aliphatic rings. The molecule has 0 unspecified atom stereocenters. The summed E-state index contributed by atoms with van der Waals surface area (Å²) in [7, 11) is 0. The Bertz CT molecular complexity index is 1060. The molecule has 36 heavy (non-hydrogen) atoms. The summed E-state index contributed by atoms with van der Waals surface area (Å²) in [5.41, 5.74) is 5.90. The average molecular weight is 962 g/mol. The van der Waals surface area contributed by atoms with Gasteiger partial charge >= 0.3 is 272 Å². The van der Waals surface area contributed by atoms with E-state index in [9.17, 15) is 0 Å². The van der Waals surface area contributed by atoms with Crippen LogP contribution in [0.1, 0.15) is 22.3 Å². The van der Waals surface area contributed by atoms with Gasteiger partial charge in [0.05, 0.1) is 0 Å². The Morgan fingerprint density at radius 3 is 0.722 bits per heavy atom. The van der Waals surface area contributed by atoms with Crippen molar-refractivity contribution in [2.24, 2.45) is 0 Å². The summed E-state index contributed by atoms with van der Waals surface area (Å²) >= 11 is 11.8. The van der Waals surface area contributed by atoms with Gasteiger partial charge in [0, 0.05) is 0 Å². The minimum atomic E-state index is -2.16. The SMILES string of the molecule is IP(I)(CCP(I)(I)(Cc1ccccc1)Cc1ccccc1)(Cc1ccccc1)Cc1ccccc1. The molecule has 0 radical (unpaired) electrons. The Balaban J connectivity index is 1.68. The molecule has 0 atom stereocenters. The third kappa shape index (κ3) is 9.11. The fourth-order valence-corrected chi connectivity index (χ4v) is 30.3. The van der Waals surface area contributed by atoms with Crippen LogP contribution < -0.4 is 0 Å². The number of benzene rings is 4. The molecular weight excluding hydrogens is 930 g/mol. The van der Waals surface area contributed by atoms with Crippen molar-refractivity contribution in [1.82, 2.24) is 0 Å². The van der Waals surface area contributed by atoms with Crippen LogP contribution in [0.25, 0.3) is 0 Å². The molecule has 0 saturated heterocycles. The molecule has 4 rings (SSSR count). The predicted octanol–water partition coefficient (Wildman–Crippen LogP) is 12.3. The van der Waals surface area contributed by atoms with E-state index in [2.05, 4.69) is 209 Å². The first-order chi connectivity index (χ1) is 17.1. The second-order valence-corrected chi connectivity index (χ2v) is 59.3. The molecule has 0 aliphatic carbocycles. The fraction of sp³-hybridized carbons (Fsp3) is 0.200. The third-order valence-electron chi connectivity index (χ3n) is 6.54. The first-order valence-corrected chi connectivity index (χ1v) is 28.9. The Morgan fingerprint density at radius 2 is 0.528 bits per heavy atom. The molecule has 0 aliphatic heterocycles. The van der Waals surface area contributed by atoms with E-state index in [1.807, 2.05) is 0 Å². The quantitative estimate of drug-likeness (QED) is 0.104. The van der Waals surface area contributed by atoms with Crippen LogP contribution in [0.3, 0.4) is 0 Å². The Hall–Kier alpha value is 0.660. The number of hydrogen-bond donors (Lipinski definition) is 0. The first-order valence-electron chi connectivity index (χ1n) is 12.1. The van der Waals surface area contributed by atoms with Crippen LogP contribution in [-0.2, 0) is 24.6 Å². The number of rotatable bonds is 11. The van der Waals surface area contributed by atoms with Gasteiger partial charge in [-0.1, -0.05) is 0 Å². The monoisotopic (exact) mass is 962 g/mol. The molecule has 6 heteroatoms. The molecule has 190 valence electrons. The second-order valence-electron chi connectivity index (χ2n) is 9.93. The molecule has 0 amide bonds. The summed E-state index contributed by atoms with van der Waals surface area (Å²) in [4.78, 5) is 0. The Labute approximate surface area is 269 Å². The van der Waals surface area contributed by atoms with Crippen LogP contribution in [0.2, 0.25) is 0 Å². The van der Waals surface area contributed by atoms with Crippen LogP contribution in [0, 0.1) is 0 Å². The average Bonchev–Trinajstić information content (AvgIpc) is 2.85. The molecule has 4 aromatic rings. The van der Waals surface area contributed by atoms with Gasteiger partial charge in [0.1, 0.15) is 0 Å². The van der Waals surface area contributed by atoms with Gasteiger partial charge in [0.25, 0.3) is 0 Å². The van der Waals surface area contributed by atoms with Crippen LogP contribution >= 0.6 is 91.9 Å². The topological polar surface area (TPSA) is 0 Å². The van der Waals surface area contributed by atoms with E-state index < -0.39 is 3.78 Å². The van der Waals surface area contributed by atoms with E-state index in [0.717, 1.165) is 0 Å². The van der Waals surface area contributed by atoms with Crippen molar-refractivity contribution in [3.8, 4) is 0 Å². The first kappa shape index (κ1) is 29.6. The van der Waals surface area contributed by atoms with Gasteiger partial charge in [0.2, 0.25) is 0 Å². The maximum atomic E-state index is 2.96. The minimum absolute atomic E-state index is 1.18. The van der Waals surface area contributed by atoms with Crippen molar-refractivity contribution in [3.63, 3.8) is 0 Å². The predicted molar refractivity (Wildman–Crippen MR) is 200 cm³/mol. The van der Waals surface area contributed by atoms with Gasteiger partial charge < -0.3 is 0 Å². The molecule has 0 fully saturated rings. The number of halogens is 4. The zero-order chi connectivity index (χ0) is 25.6. The van der Waals surface area contributed by atoms with Crippen molar-refractivity contribution in [2.75, 3.05) is 12.3 Å². The normalized spacial score (nSPS) is 14.3. The van der Waals surface area contributed by atoms with E-state index in [1.165, 1.54) is 59.2 Å². The summed E-state index contributed by atoms with van der Waals surface area (Å²) in [6.07, 6.45) is 7.30. The molecule has 0 spiro atoms. The van der Waals surface area contributed by atoms with Crippen molar-refractivity contribution in [3.05, 3.63) is 144 Å². The van der Waals surface area contributed by atoms with Crippen molar-refractivity contribution < 1.29 is 0 Å². The Morgan fingerprint density at radius 1 is 0.333 bits per heavy atom. The summed E-state index contributed by atoms with van der Waals surface area (Å²) < 4.78 is -4.32. The van der Waals surface area contributed by atoms with Gasteiger partial charge in [-0.3, -0.25) is 0 Å². The van der Waals surface area contributed by atoms with Crippen LogP contribution in [-0.4, -0.2) is 12.3 Å². The van der Waals surface area contributed by atoms with Crippen LogP contribution in [0.15, 0.2) is 121 Å². The number of hydrogen-bond acceptors (Lipinski definition) is 0. The summed E-state index contributed by atoms with van der Waals surface area (Å²) in [6.45, 7) is 0. The van der Waals surface area contributed by atoms with Crippen LogP contribution in [0.5, 0.6) is 0 Å². The van der Waals surface area contributed by atoms with Gasteiger partial charge in [-0.25, -0.2) is 0 Å². The third-order valence-corrected chi connectivity index (χ3v) is 27.5. The summed E-state index contributed by atoms with van der Waals surface area (Å²) in [5, 5.41) is 0. The molecule has 0 nitrogen and oxygen atoms in total. The zero-order valence-electron chi connectivity index (χ0n) is 20.2. The molecule has 0 bridgehead atoms. The van der Waals surface area contributed by atoms with Crippen LogP contribution in [0.4, 0.5) is 0 Å². The maximum absolute atomic E-state index is 2.96. The van der Waals surface area contributed by atoms with Crippen molar-refractivity contribution in [1.29, 1.82) is 0 Å². The van der Waals surface area contributed by atoms with Crippen molar-refractivity contribution in [2.45, 2.75) is 24.6 Å². The molecule has 0 heterocycles.